The van der Waals surface area contributed by atoms with Crippen LogP contribution in [0.5, 0.6) is 0 Å². The van der Waals surface area contributed by atoms with Gasteiger partial charge in [-0.1, -0.05) is 0 Å². The predicted molar refractivity (Wildman–Crippen MR) is 69.7 cm³/mol. The van der Waals surface area contributed by atoms with Crippen LogP contribution in [0.25, 0.3) is 0 Å². The van der Waals surface area contributed by atoms with Crippen LogP contribution in [0.15, 0.2) is 0 Å². The van der Waals surface area contributed by atoms with E-state index in [-0.39, 0.29) is 58.0 Å². The van der Waals surface area contributed by atoms with Crippen LogP contribution in [0.2, 0.25) is 0 Å². The van der Waals surface area contributed by atoms with Gasteiger partial charge in [-0.15, -0.1) is 0 Å². The summed E-state index contributed by atoms with van der Waals surface area (Å²) in [6.07, 6.45) is 0.0852. The van der Waals surface area contributed by atoms with E-state index in [1.807, 2.05) is 0 Å². The zero-order valence-corrected chi connectivity index (χ0v) is 11.6. The maximum atomic E-state index is 10.7. The molecule has 0 amide bonds. The minimum atomic E-state index is -1.04. The number of ether oxygens (including phenoxy) is 1. The van der Waals surface area contributed by atoms with Gasteiger partial charge in [-0.3, -0.25) is 19.2 Å². The first-order chi connectivity index (χ1) is 9.81. The lowest BCUT2D eigenvalue weighted by atomic mass is 9.73. The van der Waals surface area contributed by atoms with Gasteiger partial charge in [0.2, 0.25) is 0 Å². The summed E-state index contributed by atoms with van der Waals surface area (Å²) < 4.78 is 4.59. The van der Waals surface area contributed by atoms with Crippen molar-refractivity contribution in [3.05, 3.63) is 0 Å². The van der Waals surface area contributed by atoms with Gasteiger partial charge in [0.1, 0.15) is 0 Å². The Morgan fingerprint density at radius 1 is 0.810 bits per heavy atom. The number of carboxylic acids is 3. The zero-order chi connectivity index (χ0) is 16.3. The van der Waals surface area contributed by atoms with Crippen molar-refractivity contribution >= 4 is 24.4 Å². The minimum Gasteiger partial charge on any atom is -0.481 e. The van der Waals surface area contributed by atoms with E-state index >= 15 is 0 Å². The van der Waals surface area contributed by atoms with Gasteiger partial charge in [-0.05, 0) is 31.1 Å². The highest BCUT2D eigenvalue weighted by molar-refractivity contribution is 5.68. The summed E-state index contributed by atoms with van der Waals surface area (Å²) in [6, 6.07) is 0. The first kappa shape index (κ1) is 18.9. The molecule has 0 aliphatic rings. The third-order valence-electron chi connectivity index (χ3n) is 3.43. The van der Waals surface area contributed by atoms with Crippen LogP contribution < -0.4 is 0 Å². The molecule has 0 aliphatic carbocycles. The quantitative estimate of drug-likeness (QED) is 0.340. The number of carbonyl (C=O) groups is 4. The molecule has 0 atom stereocenters. The summed E-state index contributed by atoms with van der Waals surface area (Å²) >= 11 is 0. The molecule has 0 spiro atoms. The van der Waals surface area contributed by atoms with Crippen molar-refractivity contribution in [1.29, 1.82) is 0 Å². The van der Waals surface area contributed by atoms with Crippen LogP contribution >= 0.6 is 0 Å². The maximum Gasteiger partial charge on any atom is 0.303 e. The van der Waals surface area contributed by atoms with E-state index in [2.05, 4.69) is 4.74 Å². The van der Waals surface area contributed by atoms with Gasteiger partial charge in [-0.25, -0.2) is 0 Å². The highest BCUT2D eigenvalue weighted by atomic mass is 16.5. The number of carbonyl (C=O) groups excluding carboxylic acids is 1. The Morgan fingerprint density at radius 3 is 1.48 bits per heavy atom. The van der Waals surface area contributed by atoms with Gasteiger partial charge in [0, 0.05) is 19.3 Å². The lowest BCUT2D eigenvalue weighted by Crippen LogP contribution is -2.26. The average molecular weight is 304 g/mol. The Balaban J connectivity index is 4.92. The van der Waals surface area contributed by atoms with Crippen LogP contribution in [-0.2, 0) is 23.9 Å². The number of hydrogen-bond donors (Lipinski definition) is 3. The molecule has 0 fully saturated rings. The molecule has 0 rings (SSSR count). The highest BCUT2D eigenvalue weighted by Crippen LogP contribution is 2.38. The van der Waals surface area contributed by atoms with Crippen LogP contribution in [0, 0.1) is 5.41 Å². The van der Waals surface area contributed by atoms with Gasteiger partial charge in [-0.2, -0.15) is 0 Å². The molecular weight excluding hydrogens is 284 g/mol. The molecule has 21 heavy (non-hydrogen) atoms. The first-order valence-electron chi connectivity index (χ1n) is 6.52. The SMILES string of the molecule is O=COCCC(CCC(=O)O)(CCC(=O)O)CCC(=O)O. The largest absolute Gasteiger partial charge is 0.481 e. The van der Waals surface area contributed by atoms with Crippen molar-refractivity contribution in [2.24, 2.45) is 5.41 Å². The molecule has 0 saturated heterocycles. The third-order valence-corrected chi connectivity index (χ3v) is 3.43. The third kappa shape index (κ3) is 9.42. The van der Waals surface area contributed by atoms with E-state index in [1.165, 1.54) is 0 Å². The smallest absolute Gasteiger partial charge is 0.303 e. The Labute approximate surface area is 121 Å². The van der Waals surface area contributed by atoms with Crippen LogP contribution in [0.4, 0.5) is 0 Å². The second kappa shape index (κ2) is 9.73. The van der Waals surface area contributed by atoms with E-state index in [0.29, 0.717) is 0 Å². The molecule has 0 aliphatic heterocycles. The molecule has 0 saturated carbocycles. The van der Waals surface area contributed by atoms with Gasteiger partial charge in [0.25, 0.3) is 6.47 Å². The van der Waals surface area contributed by atoms with Crippen LogP contribution in [-0.4, -0.2) is 46.3 Å². The minimum absolute atomic E-state index is 0.00234. The molecule has 0 radical (unpaired) electrons. The zero-order valence-electron chi connectivity index (χ0n) is 11.6. The Hall–Kier alpha value is -2.12. The van der Waals surface area contributed by atoms with Crippen molar-refractivity contribution in [2.75, 3.05) is 6.61 Å². The number of hydrogen-bond acceptors (Lipinski definition) is 5. The summed E-state index contributed by atoms with van der Waals surface area (Å²) in [5, 5.41) is 26.3. The molecule has 0 bridgehead atoms. The summed E-state index contributed by atoms with van der Waals surface area (Å²) in [7, 11) is 0. The highest BCUT2D eigenvalue weighted by Gasteiger charge is 2.31. The molecule has 0 aromatic heterocycles. The summed E-state index contributed by atoms with van der Waals surface area (Å²) in [5.74, 6) is -3.12. The monoisotopic (exact) mass is 304 g/mol. The molecular formula is C13H20O8. The van der Waals surface area contributed by atoms with Crippen molar-refractivity contribution in [2.45, 2.75) is 44.9 Å². The molecule has 8 heteroatoms. The van der Waals surface area contributed by atoms with Gasteiger partial charge < -0.3 is 20.1 Å². The molecule has 8 nitrogen and oxygen atoms in total. The van der Waals surface area contributed by atoms with E-state index in [9.17, 15) is 19.2 Å². The van der Waals surface area contributed by atoms with Crippen molar-refractivity contribution in [3.63, 3.8) is 0 Å². The van der Waals surface area contributed by atoms with Gasteiger partial charge >= 0.3 is 17.9 Å². The summed E-state index contributed by atoms with van der Waals surface area (Å²) in [4.78, 5) is 42.4. The fourth-order valence-corrected chi connectivity index (χ4v) is 2.19. The normalized spacial score (nSPS) is 10.9. The molecule has 0 heterocycles. The fourth-order valence-electron chi connectivity index (χ4n) is 2.19. The van der Waals surface area contributed by atoms with E-state index in [4.69, 9.17) is 15.3 Å². The van der Waals surface area contributed by atoms with Gasteiger partial charge in [0.15, 0.2) is 0 Å². The summed E-state index contributed by atoms with van der Waals surface area (Å²) in [5.41, 5.74) is -0.780. The topological polar surface area (TPSA) is 138 Å². The first-order valence-corrected chi connectivity index (χ1v) is 6.52. The predicted octanol–water partition coefficient (Wildman–Crippen LogP) is 1.13. The number of carboxylic acid groups (broad SMARTS) is 3. The van der Waals surface area contributed by atoms with E-state index in [0.717, 1.165) is 0 Å². The molecule has 120 valence electrons. The lowest BCUT2D eigenvalue weighted by molar-refractivity contribution is -0.139. The van der Waals surface area contributed by atoms with Crippen molar-refractivity contribution in [1.82, 2.24) is 0 Å². The standard InChI is InChI=1S/C13H20O8/c14-9-21-8-7-13(4-1-10(15)16,5-2-11(17)18)6-3-12(19)20/h9H,1-8H2,(H,15,16)(H,17,18)(H,19,20). The average Bonchev–Trinajstić information content (AvgIpc) is 2.40. The maximum absolute atomic E-state index is 10.7. The molecule has 3 N–H and O–H groups in total. The Bertz CT molecular complexity index is 331. The second-order valence-electron chi connectivity index (χ2n) is 4.90. The number of rotatable bonds is 13. The van der Waals surface area contributed by atoms with Crippen LogP contribution in [0.3, 0.4) is 0 Å². The van der Waals surface area contributed by atoms with Gasteiger partial charge in [0.05, 0.1) is 6.61 Å². The number of aliphatic carboxylic acids is 3. The molecule has 0 unspecified atom stereocenters. The molecule has 0 aromatic rings. The van der Waals surface area contributed by atoms with Crippen LogP contribution in [0.1, 0.15) is 44.9 Å². The Morgan fingerprint density at radius 2 is 1.19 bits per heavy atom. The van der Waals surface area contributed by atoms with Crippen molar-refractivity contribution in [3.8, 4) is 0 Å². The fraction of sp³-hybridized carbons (Fsp3) is 0.692. The van der Waals surface area contributed by atoms with E-state index < -0.39 is 23.3 Å². The lowest BCUT2D eigenvalue weighted by Gasteiger charge is -2.32. The van der Waals surface area contributed by atoms with Crippen molar-refractivity contribution < 1.29 is 39.2 Å². The Kier molecular flexibility index (Phi) is 8.75. The molecule has 0 aromatic carbocycles. The summed E-state index contributed by atoms with van der Waals surface area (Å²) in [6.45, 7) is 0.249. The second-order valence-corrected chi connectivity index (χ2v) is 4.90. The van der Waals surface area contributed by atoms with E-state index in [1.54, 1.807) is 0 Å².